The van der Waals surface area contributed by atoms with E-state index in [-0.39, 0.29) is 32.8 Å². The Kier molecular flexibility index (Phi) is 19.6. The lowest BCUT2D eigenvalue weighted by molar-refractivity contribution is -0.385. The fourth-order valence-corrected chi connectivity index (χ4v) is 2.71. The number of hydrogen-bond acceptors (Lipinski definition) is 13. The molecule has 3 rings (SSSR count). The summed E-state index contributed by atoms with van der Waals surface area (Å²) in [4.78, 5) is 25.5. The average Bonchev–Trinajstić information content (AvgIpc) is 3.18. The summed E-state index contributed by atoms with van der Waals surface area (Å²) >= 11 is 29.7. The molecule has 0 aliphatic carbocycles. The number of nitro benzene ring substituents is 2. The van der Waals surface area contributed by atoms with E-state index in [0.29, 0.717) is 23.5 Å². The lowest BCUT2D eigenvalue weighted by Gasteiger charge is -2.01. The zero-order valence-corrected chi connectivity index (χ0v) is 24.8. The number of halogens is 3. The van der Waals surface area contributed by atoms with Gasteiger partial charge in [0.1, 0.15) is 26.5 Å². The highest BCUT2D eigenvalue weighted by Crippen LogP contribution is 2.38. The number of anilines is 2. The van der Waals surface area contributed by atoms with E-state index in [4.69, 9.17) is 45.7 Å². The molecule has 2 aromatic carbocycles. The van der Waals surface area contributed by atoms with Crippen molar-refractivity contribution in [1.29, 1.82) is 5.26 Å². The highest BCUT2D eigenvalue weighted by Gasteiger charge is 2.26. The first-order chi connectivity index (χ1) is 16.5. The van der Waals surface area contributed by atoms with E-state index in [0.717, 1.165) is 0 Å². The zero-order valence-electron chi connectivity index (χ0n) is 16.8. The van der Waals surface area contributed by atoms with Gasteiger partial charge in [-0.05, 0) is 24.3 Å². The standard InChI is InChI=1S/C8H6ClN3O2.C6H6ClN3O2.CBrN.S4.S2/c9-5-1-2-6-4(3-7(10)11-6)8(5)12(13)14;7-3-1-2-4(8)5(9)6(3)10(11)12;2-1-3;1-3-4-2;1-2/h1-2H,3H2,(H2,10,11);1-2H,8-9H2;;;. The summed E-state index contributed by atoms with van der Waals surface area (Å²) in [5, 5.41) is 28.5. The van der Waals surface area contributed by atoms with Gasteiger partial charge in [-0.1, -0.05) is 23.2 Å². The van der Waals surface area contributed by atoms with Crippen LogP contribution in [0.3, 0.4) is 0 Å². The van der Waals surface area contributed by atoms with Crippen LogP contribution in [0.2, 0.25) is 10.0 Å². The first-order valence-corrected chi connectivity index (χ1v) is 14.9. The number of nitriles is 1. The van der Waals surface area contributed by atoms with E-state index in [1.54, 1.807) is 11.0 Å². The van der Waals surface area contributed by atoms with Gasteiger partial charge in [0.15, 0.2) is 0 Å². The Balaban J connectivity index is 0. The molecular formula is C15H12BrCl2N7O4S6. The molecule has 1 aliphatic heterocycles. The number of benzene rings is 2. The van der Waals surface area contributed by atoms with Crippen molar-refractivity contribution in [3.63, 3.8) is 0 Å². The van der Waals surface area contributed by atoms with Crippen LogP contribution in [0.1, 0.15) is 5.56 Å². The van der Waals surface area contributed by atoms with Gasteiger partial charge in [-0.15, -0.1) is 0 Å². The maximum absolute atomic E-state index is 10.7. The van der Waals surface area contributed by atoms with Gasteiger partial charge in [-0.2, -0.15) is 5.26 Å². The van der Waals surface area contributed by atoms with Crippen molar-refractivity contribution in [2.24, 2.45) is 10.7 Å². The summed E-state index contributed by atoms with van der Waals surface area (Å²) < 4.78 is 0. The van der Waals surface area contributed by atoms with Gasteiger partial charge in [-0.3, -0.25) is 20.2 Å². The summed E-state index contributed by atoms with van der Waals surface area (Å²) in [6, 6.07) is 5.85. The Labute approximate surface area is 242 Å². The van der Waals surface area contributed by atoms with Crippen molar-refractivity contribution in [2.75, 3.05) is 11.5 Å². The van der Waals surface area contributed by atoms with Crippen LogP contribution in [0, 0.1) is 30.5 Å². The Morgan fingerprint density at radius 2 is 1.43 bits per heavy atom. The van der Waals surface area contributed by atoms with Crippen molar-refractivity contribution < 1.29 is 9.85 Å². The van der Waals surface area contributed by atoms with Crippen molar-refractivity contribution >= 4 is 136 Å². The minimum atomic E-state index is -0.659. The van der Waals surface area contributed by atoms with E-state index in [2.05, 4.69) is 65.7 Å². The minimum Gasteiger partial charge on any atom is -0.397 e. The molecule has 11 nitrogen and oxygen atoms in total. The first-order valence-electron chi connectivity index (χ1n) is 7.98. The molecular weight excluding hydrogens is 685 g/mol. The van der Waals surface area contributed by atoms with Gasteiger partial charge in [0.2, 0.25) is 0 Å². The van der Waals surface area contributed by atoms with Gasteiger partial charge in [-0.25, -0.2) is 4.99 Å². The van der Waals surface area contributed by atoms with Crippen LogP contribution in [0.5, 0.6) is 0 Å². The molecule has 0 spiro atoms. The van der Waals surface area contributed by atoms with Crippen LogP contribution < -0.4 is 17.2 Å². The van der Waals surface area contributed by atoms with E-state index >= 15 is 0 Å². The Morgan fingerprint density at radius 1 is 1.00 bits per heavy atom. The van der Waals surface area contributed by atoms with Crippen LogP contribution in [0.15, 0.2) is 29.3 Å². The Hall–Kier alpha value is -1.82. The second kappa shape index (κ2) is 19.4. The average molecular weight is 698 g/mol. The number of hydrogen-bond donors (Lipinski definition) is 3. The van der Waals surface area contributed by atoms with Crippen molar-refractivity contribution in [1.82, 2.24) is 0 Å². The second-order valence-electron chi connectivity index (χ2n) is 5.31. The van der Waals surface area contributed by atoms with Crippen molar-refractivity contribution in [3.8, 4) is 4.98 Å². The quantitative estimate of drug-likeness (QED) is 0.231. The lowest BCUT2D eigenvalue weighted by Crippen LogP contribution is -2.10. The van der Waals surface area contributed by atoms with Gasteiger partial charge in [0, 0.05) is 84.9 Å². The van der Waals surface area contributed by atoms with Gasteiger partial charge in [0.25, 0.3) is 5.69 Å². The largest absolute Gasteiger partial charge is 0.397 e. The Bertz CT molecular complexity index is 1230. The first kappa shape index (κ1) is 35.3. The number of aliphatic imine (C=N–C) groups is 1. The molecule has 35 heavy (non-hydrogen) atoms. The van der Waals surface area contributed by atoms with Crippen LogP contribution >= 0.6 is 39.1 Å². The third-order valence-electron chi connectivity index (χ3n) is 3.43. The van der Waals surface area contributed by atoms with Gasteiger partial charge < -0.3 is 17.2 Å². The number of fused-ring (bicyclic) bond motifs is 1. The summed E-state index contributed by atoms with van der Waals surface area (Å²) in [6.45, 7) is 0. The summed E-state index contributed by atoms with van der Waals surface area (Å²) in [5.74, 6) is 0.380. The molecule has 0 amide bonds. The number of rotatable bonds is 2. The molecule has 0 atom stereocenters. The number of nitrogens with two attached hydrogens (primary N) is 3. The summed E-state index contributed by atoms with van der Waals surface area (Å²) in [5.41, 5.74) is 16.8. The number of nitrogen functional groups attached to an aromatic ring is 2. The van der Waals surface area contributed by atoms with Crippen LogP contribution in [-0.4, -0.2) is 15.7 Å². The monoisotopic (exact) mass is 695 g/mol. The molecule has 20 heteroatoms. The van der Waals surface area contributed by atoms with E-state index in [9.17, 15) is 20.2 Å². The van der Waals surface area contributed by atoms with Gasteiger partial charge in [0.05, 0.1) is 26.8 Å². The van der Waals surface area contributed by atoms with Crippen LogP contribution in [0.25, 0.3) is 0 Å². The maximum Gasteiger partial charge on any atom is 0.312 e. The molecule has 0 saturated carbocycles. The Morgan fingerprint density at radius 3 is 1.83 bits per heavy atom. The third kappa shape index (κ3) is 12.1. The molecule has 0 radical (unpaired) electrons. The fraction of sp³-hybridized carbons (Fsp3) is 0.0667. The van der Waals surface area contributed by atoms with Crippen LogP contribution in [0.4, 0.5) is 28.4 Å². The van der Waals surface area contributed by atoms with Crippen LogP contribution in [-0.2, 0) is 68.9 Å². The fourth-order valence-electron chi connectivity index (χ4n) is 2.23. The topological polar surface area (TPSA) is 200 Å². The van der Waals surface area contributed by atoms with Crippen molar-refractivity contribution in [3.05, 3.63) is 60.1 Å². The highest BCUT2D eigenvalue weighted by atomic mass is 79.9. The van der Waals surface area contributed by atoms with Gasteiger partial charge >= 0.3 is 5.69 Å². The molecule has 0 bridgehead atoms. The molecule has 188 valence electrons. The number of amidine groups is 1. The molecule has 1 aliphatic rings. The van der Waals surface area contributed by atoms with Crippen molar-refractivity contribution in [2.45, 2.75) is 6.42 Å². The summed E-state index contributed by atoms with van der Waals surface area (Å²) in [6.07, 6.45) is 0.298. The zero-order chi connectivity index (χ0) is 27.7. The third-order valence-corrected chi connectivity index (χ3v) is 6.26. The highest BCUT2D eigenvalue weighted by molar-refractivity contribution is 9.12. The predicted molar refractivity (Wildman–Crippen MR) is 159 cm³/mol. The molecule has 0 fully saturated rings. The predicted octanol–water partition coefficient (Wildman–Crippen LogP) is 4.05. The smallest absolute Gasteiger partial charge is 0.312 e. The molecule has 0 aromatic heterocycles. The number of nitrogens with zero attached hydrogens (tertiary/aromatic N) is 4. The SMILES string of the molecule is N#CBr.NC1=Nc2ccc(Cl)c([N+](=O)[O-])c2C1.Nc1ccc(Cl)c([N+](=O)[O-])c1N.S=S.S=S=S=S. The van der Waals surface area contributed by atoms with E-state index in [1.165, 1.54) is 36.0 Å². The second-order valence-corrected chi connectivity index (χ2v) is 10.0. The maximum atomic E-state index is 10.7. The molecule has 0 unspecified atom stereocenters. The normalized spacial score (nSPS) is 9.71. The number of nitro groups is 2. The van der Waals surface area contributed by atoms with E-state index < -0.39 is 9.85 Å². The molecule has 0 saturated heterocycles. The van der Waals surface area contributed by atoms with E-state index in [1.807, 2.05) is 0 Å². The molecule has 6 N–H and O–H groups in total. The summed E-state index contributed by atoms with van der Waals surface area (Å²) in [7, 11) is 2.34. The molecule has 1 heterocycles. The lowest BCUT2D eigenvalue weighted by atomic mass is 10.1. The molecule has 2 aromatic rings. The minimum absolute atomic E-state index is 0.00769.